The standard InChI is InChI=1S/C20H25N3O4S/c1-5-16-6-10-18(11-7-16)21-20(24)14-27-22-15(2)17-8-12-19(13-9-17)28(25,26)23(3)4/h6-13H,5,14H2,1-4H3,(H,21,24)/b22-15+. The third-order valence-electron chi connectivity index (χ3n) is 4.09. The highest BCUT2D eigenvalue weighted by atomic mass is 32.2. The smallest absolute Gasteiger partial charge is 0.265 e. The van der Waals surface area contributed by atoms with Gasteiger partial charge in [-0.2, -0.15) is 0 Å². The fourth-order valence-corrected chi connectivity index (χ4v) is 3.24. The van der Waals surface area contributed by atoms with E-state index in [9.17, 15) is 13.2 Å². The molecule has 0 radical (unpaired) electrons. The molecule has 1 amide bonds. The predicted octanol–water partition coefficient (Wildman–Crippen LogP) is 2.88. The molecule has 0 saturated carbocycles. The van der Waals surface area contributed by atoms with Crippen LogP contribution in [0.5, 0.6) is 0 Å². The van der Waals surface area contributed by atoms with E-state index in [1.54, 1.807) is 19.1 Å². The molecule has 0 atom stereocenters. The van der Waals surface area contributed by atoms with Crippen LogP contribution in [-0.4, -0.2) is 45.0 Å². The van der Waals surface area contributed by atoms with Gasteiger partial charge in [-0.25, -0.2) is 12.7 Å². The monoisotopic (exact) mass is 403 g/mol. The van der Waals surface area contributed by atoms with Crippen molar-refractivity contribution in [3.63, 3.8) is 0 Å². The summed E-state index contributed by atoms with van der Waals surface area (Å²) in [6.07, 6.45) is 0.938. The van der Waals surface area contributed by atoms with E-state index in [1.165, 1.54) is 31.8 Å². The molecule has 0 aliphatic rings. The molecule has 0 heterocycles. The third-order valence-corrected chi connectivity index (χ3v) is 5.92. The van der Waals surface area contributed by atoms with E-state index in [2.05, 4.69) is 17.4 Å². The highest BCUT2D eigenvalue weighted by Crippen LogP contribution is 2.14. The van der Waals surface area contributed by atoms with Gasteiger partial charge in [-0.05, 0) is 48.7 Å². The van der Waals surface area contributed by atoms with Crippen LogP contribution in [0.1, 0.15) is 25.0 Å². The number of nitrogens with zero attached hydrogens (tertiary/aromatic N) is 2. The van der Waals surface area contributed by atoms with Crippen molar-refractivity contribution in [2.45, 2.75) is 25.2 Å². The van der Waals surface area contributed by atoms with Crippen molar-refractivity contribution >= 4 is 27.3 Å². The predicted molar refractivity (Wildman–Crippen MR) is 110 cm³/mol. The van der Waals surface area contributed by atoms with E-state index in [4.69, 9.17) is 4.84 Å². The van der Waals surface area contributed by atoms with Crippen LogP contribution >= 0.6 is 0 Å². The third kappa shape index (κ3) is 5.64. The second kappa shape index (κ2) is 9.48. The molecule has 8 heteroatoms. The molecule has 0 bridgehead atoms. The van der Waals surface area contributed by atoms with Crippen LogP contribution in [0.2, 0.25) is 0 Å². The Labute approximate surface area is 166 Å². The number of hydrogen-bond acceptors (Lipinski definition) is 5. The summed E-state index contributed by atoms with van der Waals surface area (Å²) in [4.78, 5) is 17.2. The average molecular weight is 404 g/mol. The molecule has 28 heavy (non-hydrogen) atoms. The van der Waals surface area contributed by atoms with Crippen LogP contribution in [-0.2, 0) is 26.1 Å². The van der Waals surface area contributed by atoms with Crippen LogP contribution in [0.3, 0.4) is 0 Å². The number of rotatable bonds is 8. The second-order valence-electron chi connectivity index (χ2n) is 6.36. The lowest BCUT2D eigenvalue weighted by molar-refractivity contribution is -0.120. The van der Waals surface area contributed by atoms with Gasteiger partial charge in [0.05, 0.1) is 10.6 Å². The fourth-order valence-electron chi connectivity index (χ4n) is 2.34. The number of carbonyl (C=O) groups excluding carboxylic acids is 1. The van der Waals surface area contributed by atoms with Crippen molar-refractivity contribution in [1.29, 1.82) is 0 Å². The van der Waals surface area contributed by atoms with Gasteiger partial charge >= 0.3 is 0 Å². The first-order chi connectivity index (χ1) is 13.2. The number of sulfonamides is 1. The summed E-state index contributed by atoms with van der Waals surface area (Å²) >= 11 is 0. The van der Waals surface area contributed by atoms with E-state index in [-0.39, 0.29) is 17.4 Å². The molecule has 0 saturated heterocycles. The molecule has 0 spiro atoms. The first-order valence-electron chi connectivity index (χ1n) is 8.82. The number of carbonyl (C=O) groups is 1. The van der Waals surface area contributed by atoms with E-state index < -0.39 is 10.0 Å². The Hall–Kier alpha value is -2.71. The van der Waals surface area contributed by atoms with Gasteiger partial charge < -0.3 is 10.2 Å². The van der Waals surface area contributed by atoms with Crippen molar-refractivity contribution in [2.24, 2.45) is 5.16 Å². The van der Waals surface area contributed by atoms with Gasteiger partial charge in [-0.15, -0.1) is 0 Å². The lowest BCUT2D eigenvalue weighted by atomic mass is 10.1. The maximum absolute atomic E-state index is 12.1. The van der Waals surface area contributed by atoms with Gasteiger partial charge in [0.15, 0.2) is 6.61 Å². The Kier molecular flexibility index (Phi) is 7.31. The van der Waals surface area contributed by atoms with Gasteiger partial charge in [0.1, 0.15) is 0 Å². The van der Waals surface area contributed by atoms with E-state index >= 15 is 0 Å². The molecule has 150 valence electrons. The number of hydrogen-bond donors (Lipinski definition) is 1. The summed E-state index contributed by atoms with van der Waals surface area (Å²) in [5, 5.41) is 6.66. The van der Waals surface area contributed by atoms with E-state index in [0.717, 1.165) is 10.7 Å². The summed E-state index contributed by atoms with van der Waals surface area (Å²) in [5.74, 6) is -0.312. The minimum Gasteiger partial charge on any atom is -0.385 e. The topological polar surface area (TPSA) is 88.1 Å². The molecule has 0 aromatic heterocycles. The van der Waals surface area contributed by atoms with Gasteiger partial charge in [0.2, 0.25) is 10.0 Å². The zero-order valence-electron chi connectivity index (χ0n) is 16.5. The van der Waals surface area contributed by atoms with Crippen molar-refractivity contribution in [2.75, 3.05) is 26.0 Å². The SMILES string of the molecule is CCc1ccc(NC(=O)CO/N=C(\C)c2ccc(S(=O)(=O)N(C)C)cc2)cc1. The first kappa shape index (κ1) is 21.6. The van der Waals surface area contributed by atoms with E-state index in [0.29, 0.717) is 17.0 Å². The second-order valence-corrected chi connectivity index (χ2v) is 8.51. The van der Waals surface area contributed by atoms with Crippen LogP contribution in [0, 0.1) is 0 Å². The number of anilines is 1. The largest absolute Gasteiger partial charge is 0.385 e. The van der Waals surface area contributed by atoms with Crippen molar-refractivity contribution in [3.05, 3.63) is 59.7 Å². The summed E-state index contributed by atoms with van der Waals surface area (Å²) in [6, 6.07) is 13.9. The molecule has 1 N–H and O–H groups in total. The maximum Gasteiger partial charge on any atom is 0.265 e. The highest BCUT2D eigenvalue weighted by molar-refractivity contribution is 7.89. The number of aryl methyl sites for hydroxylation is 1. The molecular formula is C20H25N3O4S. The highest BCUT2D eigenvalue weighted by Gasteiger charge is 2.16. The number of benzene rings is 2. The minimum atomic E-state index is -3.47. The number of amides is 1. The molecule has 7 nitrogen and oxygen atoms in total. The molecule has 2 aromatic carbocycles. The van der Waals surface area contributed by atoms with Crippen LogP contribution in [0.25, 0.3) is 0 Å². The molecule has 0 aliphatic heterocycles. The minimum absolute atomic E-state index is 0.198. The summed E-state index contributed by atoms with van der Waals surface area (Å²) in [5.41, 5.74) is 3.13. The quantitative estimate of drug-likeness (QED) is 0.542. The van der Waals surface area contributed by atoms with Gasteiger partial charge in [0, 0.05) is 19.8 Å². The Bertz CT molecular complexity index is 934. The van der Waals surface area contributed by atoms with E-state index in [1.807, 2.05) is 24.3 Å². The van der Waals surface area contributed by atoms with Crippen molar-refractivity contribution in [1.82, 2.24) is 4.31 Å². The maximum atomic E-state index is 12.1. The number of nitrogens with one attached hydrogen (secondary N) is 1. The normalized spacial score (nSPS) is 12.1. The van der Waals surface area contributed by atoms with Crippen molar-refractivity contribution in [3.8, 4) is 0 Å². The Balaban J connectivity index is 1.92. The van der Waals surface area contributed by atoms with Crippen LogP contribution in [0.15, 0.2) is 58.6 Å². The van der Waals surface area contributed by atoms with Gasteiger partial charge in [-0.1, -0.05) is 36.3 Å². The molecule has 2 rings (SSSR count). The zero-order valence-corrected chi connectivity index (χ0v) is 17.3. The average Bonchev–Trinajstić information content (AvgIpc) is 2.68. The lowest BCUT2D eigenvalue weighted by Crippen LogP contribution is -2.22. The molecule has 0 aliphatic carbocycles. The summed E-state index contributed by atoms with van der Waals surface area (Å²) in [6.45, 7) is 3.56. The van der Waals surface area contributed by atoms with Crippen LogP contribution < -0.4 is 5.32 Å². The Morgan fingerprint density at radius 2 is 1.68 bits per heavy atom. The molecule has 2 aromatic rings. The zero-order chi connectivity index (χ0) is 20.7. The van der Waals surface area contributed by atoms with Gasteiger partial charge in [-0.3, -0.25) is 4.79 Å². The van der Waals surface area contributed by atoms with Crippen LogP contribution in [0.4, 0.5) is 5.69 Å². The van der Waals surface area contributed by atoms with Gasteiger partial charge in [0.25, 0.3) is 5.91 Å². The lowest BCUT2D eigenvalue weighted by Gasteiger charge is -2.11. The molecular weight excluding hydrogens is 378 g/mol. The fraction of sp³-hybridized carbons (Fsp3) is 0.300. The first-order valence-corrected chi connectivity index (χ1v) is 10.3. The Morgan fingerprint density at radius 3 is 2.21 bits per heavy atom. The van der Waals surface area contributed by atoms with Crippen molar-refractivity contribution < 1.29 is 18.0 Å². The molecule has 0 unspecified atom stereocenters. The molecule has 0 fully saturated rings. The Morgan fingerprint density at radius 1 is 1.07 bits per heavy atom. The number of oxime groups is 1. The summed E-state index contributed by atoms with van der Waals surface area (Å²) < 4.78 is 25.3. The summed E-state index contributed by atoms with van der Waals surface area (Å²) in [7, 11) is -0.514.